The summed E-state index contributed by atoms with van der Waals surface area (Å²) in [6.07, 6.45) is 5.24. The van der Waals surface area contributed by atoms with Crippen molar-refractivity contribution in [2.24, 2.45) is 11.8 Å². The van der Waals surface area contributed by atoms with E-state index in [4.69, 9.17) is 0 Å². The van der Waals surface area contributed by atoms with E-state index in [1.807, 2.05) is 49.6 Å². The molecule has 2 unspecified atom stereocenters. The van der Waals surface area contributed by atoms with Gasteiger partial charge in [-0.15, -0.1) is 0 Å². The molecule has 1 N–H and O–H groups in total. The Kier molecular flexibility index (Phi) is 5.71. The Labute approximate surface area is 176 Å². The van der Waals surface area contributed by atoms with Crippen LogP contribution in [0.5, 0.6) is 0 Å². The first kappa shape index (κ1) is 20.0. The lowest BCUT2D eigenvalue weighted by atomic mass is 9.81. The van der Waals surface area contributed by atoms with Gasteiger partial charge in [0.05, 0.1) is 29.0 Å². The summed E-state index contributed by atoms with van der Waals surface area (Å²) >= 11 is 0. The van der Waals surface area contributed by atoms with Gasteiger partial charge in [-0.1, -0.05) is 24.6 Å². The molecule has 3 aromatic rings. The highest BCUT2D eigenvalue weighted by atomic mass is 16.4. The maximum Gasteiger partial charge on any atom is 0.411 e. The predicted molar refractivity (Wildman–Crippen MR) is 116 cm³/mol. The van der Waals surface area contributed by atoms with Crippen molar-refractivity contribution < 1.29 is 9.90 Å². The van der Waals surface area contributed by atoms with Gasteiger partial charge in [-0.05, 0) is 67.9 Å². The molecule has 1 heterocycles. The Balaban J connectivity index is 1.48. The molecule has 2 aromatic carbocycles. The number of para-hydroxylation sites is 1. The van der Waals surface area contributed by atoms with Crippen molar-refractivity contribution >= 4 is 22.8 Å². The minimum absolute atomic E-state index is 0.337. The van der Waals surface area contributed by atoms with Crippen LogP contribution in [0.15, 0.2) is 48.8 Å². The summed E-state index contributed by atoms with van der Waals surface area (Å²) in [6.45, 7) is 3.33. The Morgan fingerprint density at radius 1 is 1.27 bits per heavy atom. The lowest BCUT2D eigenvalue weighted by molar-refractivity contribution is 0.195. The van der Waals surface area contributed by atoms with Crippen LogP contribution in [-0.2, 0) is 6.54 Å². The fourth-order valence-electron chi connectivity index (χ4n) is 4.69. The van der Waals surface area contributed by atoms with Crippen molar-refractivity contribution in [3.05, 3.63) is 59.9 Å². The van der Waals surface area contributed by atoms with Crippen molar-refractivity contribution in [3.8, 4) is 6.07 Å². The number of amides is 1. The molecule has 1 saturated carbocycles. The molecule has 0 bridgehead atoms. The highest BCUT2D eigenvalue weighted by molar-refractivity contribution is 5.87. The van der Waals surface area contributed by atoms with Crippen molar-refractivity contribution in [1.29, 1.82) is 5.26 Å². The molecular formula is C24H26N4O2. The van der Waals surface area contributed by atoms with E-state index in [-0.39, 0.29) is 0 Å². The number of carbonyl (C=O) groups is 1. The monoisotopic (exact) mass is 402 g/mol. The van der Waals surface area contributed by atoms with Crippen LogP contribution in [0.4, 0.5) is 10.5 Å². The van der Waals surface area contributed by atoms with Gasteiger partial charge in [0.2, 0.25) is 0 Å². The molecule has 1 fully saturated rings. The fourth-order valence-corrected chi connectivity index (χ4v) is 4.69. The number of anilines is 1. The Bertz CT molecular complexity index is 1100. The number of nitrogens with zero attached hydrogens (tertiary/aromatic N) is 4. The van der Waals surface area contributed by atoms with Crippen LogP contribution in [0.2, 0.25) is 0 Å². The molecule has 6 nitrogen and oxygen atoms in total. The number of fused-ring (bicyclic) bond motifs is 1. The Morgan fingerprint density at radius 2 is 2.07 bits per heavy atom. The maximum absolute atomic E-state index is 12.0. The fraction of sp³-hybridized carbons (Fsp3) is 0.375. The van der Waals surface area contributed by atoms with Gasteiger partial charge in [0.25, 0.3) is 0 Å². The number of aromatic nitrogens is 2. The van der Waals surface area contributed by atoms with Gasteiger partial charge >= 0.3 is 6.09 Å². The smallest absolute Gasteiger partial charge is 0.411 e. The van der Waals surface area contributed by atoms with Crippen LogP contribution >= 0.6 is 0 Å². The highest BCUT2D eigenvalue weighted by Crippen LogP contribution is 2.33. The molecule has 0 radical (unpaired) electrons. The number of aryl methyl sites for hydroxylation is 1. The number of rotatable bonds is 5. The highest BCUT2D eigenvalue weighted by Gasteiger charge is 2.27. The van der Waals surface area contributed by atoms with Crippen molar-refractivity contribution in [3.63, 3.8) is 0 Å². The first-order valence-electron chi connectivity index (χ1n) is 10.5. The molecule has 1 aliphatic carbocycles. The minimum Gasteiger partial charge on any atom is -0.465 e. The van der Waals surface area contributed by atoms with Crippen LogP contribution in [0.1, 0.15) is 36.8 Å². The average molecular weight is 402 g/mol. The zero-order valence-corrected chi connectivity index (χ0v) is 17.2. The van der Waals surface area contributed by atoms with E-state index >= 15 is 0 Å². The first-order chi connectivity index (χ1) is 14.5. The zero-order valence-electron chi connectivity index (χ0n) is 17.2. The molecule has 154 valence electrons. The quantitative estimate of drug-likeness (QED) is 0.635. The van der Waals surface area contributed by atoms with Gasteiger partial charge in [-0.25, -0.2) is 9.78 Å². The van der Waals surface area contributed by atoms with Crippen LogP contribution in [-0.4, -0.2) is 27.3 Å². The summed E-state index contributed by atoms with van der Waals surface area (Å²) in [5.74, 6) is 0.809. The normalized spacial score (nSPS) is 18.8. The maximum atomic E-state index is 12.0. The molecule has 0 aliphatic heterocycles. The topological polar surface area (TPSA) is 82.2 Å². The van der Waals surface area contributed by atoms with Crippen molar-refractivity contribution in [1.82, 2.24) is 9.55 Å². The van der Waals surface area contributed by atoms with E-state index in [1.165, 1.54) is 4.90 Å². The number of benzene rings is 2. The predicted octanol–water partition coefficient (Wildman–Crippen LogP) is 5.21. The van der Waals surface area contributed by atoms with Crippen LogP contribution in [0, 0.1) is 30.1 Å². The van der Waals surface area contributed by atoms with Crippen LogP contribution in [0.3, 0.4) is 0 Å². The molecule has 1 amide bonds. The molecule has 2 atom stereocenters. The molecule has 4 rings (SSSR count). The third-order valence-electron chi connectivity index (χ3n) is 6.17. The second-order valence-electron chi connectivity index (χ2n) is 8.29. The zero-order chi connectivity index (χ0) is 21.1. The summed E-state index contributed by atoms with van der Waals surface area (Å²) in [4.78, 5) is 17.9. The van der Waals surface area contributed by atoms with E-state index in [0.29, 0.717) is 23.9 Å². The van der Waals surface area contributed by atoms with Gasteiger partial charge in [-0.2, -0.15) is 5.26 Å². The third kappa shape index (κ3) is 4.16. The minimum atomic E-state index is -0.893. The van der Waals surface area contributed by atoms with Gasteiger partial charge in [0.1, 0.15) is 0 Å². The summed E-state index contributed by atoms with van der Waals surface area (Å²) in [7, 11) is 0. The second-order valence-corrected chi connectivity index (χ2v) is 8.29. The molecule has 6 heteroatoms. The van der Waals surface area contributed by atoms with Gasteiger partial charge < -0.3 is 9.67 Å². The van der Waals surface area contributed by atoms with Gasteiger partial charge in [-0.3, -0.25) is 4.90 Å². The van der Waals surface area contributed by atoms with Gasteiger partial charge in [0.15, 0.2) is 0 Å². The summed E-state index contributed by atoms with van der Waals surface area (Å²) in [5.41, 5.74) is 4.28. The SMILES string of the molecule is Cc1ccccc1N(CC1CCCC(Cn2cnc3ccc(C#N)cc32)C1)C(=O)O. The van der Waals surface area contributed by atoms with E-state index in [0.717, 1.165) is 54.5 Å². The second kappa shape index (κ2) is 8.58. The third-order valence-corrected chi connectivity index (χ3v) is 6.17. The molecule has 30 heavy (non-hydrogen) atoms. The van der Waals surface area contributed by atoms with E-state index < -0.39 is 6.09 Å². The lowest BCUT2D eigenvalue weighted by Gasteiger charge is -2.33. The molecule has 0 spiro atoms. The van der Waals surface area contributed by atoms with Crippen molar-refractivity contribution in [2.75, 3.05) is 11.4 Å². The van der Waals surface area contributed by atoms with Crippen LogP contribution < -0.4 is 4.90 Å². The summed E-state index contributed by atoms with van der Waals surface area (Å²) < 4.78 is 2.14. The molecule has 1 aliphatic rings. The molecular weight excluding hydrogens is 376 g/mol. The van der Waals surface area contributed by atoms with E-state index in [1.54, 1.807) is 6.07 Å². The largest absolute Gasteiger partial charge is 0.465 e. The van der Waals surface area contributed by atoms with Gasteiger partial charge in [0, 0.05) is 18.8 Å². The first-order valence-corrected chi connectivity index (χ1v) is 10.5. The standard InChI is InChI=1S/C24H26N4O2/c1-17-5-2-3-8-22(17)28(24(29)30)15-20-7-4-6-19(11-20)14-27-16-26-21-10-9-18(13-25)12-23(21)27/h2-3,5,8-10,12,16,19-20H,4,6-7,11,14-15H2,1H3,(H,29,30). The summed E-state index contributed by atoms with van der Waals surface area (Å²) in [5, 5.41) is 19.0. The number of nitriles is 1. The lowest BCUT2D eigenvalue weighted by Crippen LogP contribution is -2.36. The average Bonchev–Trinajstić information content (AvgIpc) is 3.14. The molecule has 1 aromatic heterocycles. The number of hydrogen-bond acceptors (Lipinski definition) is 3. The van der Waals surface area contributed by atoms with E-state index in [2.05, 4.69) is 15.6 Å². The summed E-state index contributed by atoms with van der Waals surface area (Å²) in [6, 6.07) is 15.4. The van der Waals surface area contributed by atoms with Crippen molar-refractivity contribution in [2.45, 2.75) is 39.2 Å². The number of imidazole rings is 1. The number of hydrogen-bond donors (Lipinski definition) is 1. The molecule has 0 saturated heterocycles. The van der Waals surface area contributed by atoms with Crippen LogP contribution in [0.25, 0.3) is 11.0 Å². The van der Waals surface area contributed by atoms with E-state index in [9.17, 15) is 15.2 Å². The Morgan fingerprint density at radius 3 is 2.83 bits per heavy atom. The number of carboxylic acid groups (broad SMARTS) is 1. The Hall–Kier alpha value is -3.33.